The fourth-order valence-corrected chi connectivity index (χ4v) is 7.73. The molecule has 0 unspecified atom stereocenters. The van der Waals surface area contributed by atoms with Gasteiger partial charge in [-0.1, -0.05) is 48.0 Å². The lowest BCUT2D eigenvalue weighted by Crippen LogP contribution is -2.58. The second-order valence-corrected chi connectivity index (χ2v) is 14.6. The smallest absolute Gasteiger partial charge is 0.298 e. The Morgan fingerprint density at radius 1 is 0.938 bits per heavy atom. The number of methoxy groups -OCH3 is 1. The number of carbonyl (C=O) groups is 1. The maximum Gasteiger partial charge on any atom is 0.298 e. The number of alkyl halides is 2. The molecule has 1 amide bonds. The third kappa shape index (κ3) is 7.29. The summed E-state index contributed by atoms with van der Waals surface area (Å²) < 4.78 is 74.5. The summed E-state index contributed by atoms with van der Waals surface area (Å²) in [6, 6.07) is 17.6. The van der Waals surface area contributed by atoms with E-state index in [4.69, 9.17) is 26.8 Å². The molecule has 1 saturated heterocycles. The minimum atomic E-state index is -4.61. The van der Waals surface area contributed by atoms with Crippen LogP contribution in [0.2, 0.25) is 5.02 Å². The minimum Gasteiger partial charge on any atom is -0.496 e. The van der Waals surface area contributed by atoms with Crippen LogP contribution in [0.5, 0.6) is 11.5 Å². The number of likely N-dealkylation sites (tertiary alicyclic amines) is 1. The summed E-state index contributed by atoms with van der Waals surface area (Å²) in [5.74, 6) is -4.20. The molecular formula is C36H38ClF2N3O5S. The first-order chi connectivity index (χ1) is 22.9. The van der Waals surface area contributed by atoms with Crippen molar-refractivity contribution < 1.29 is 31.5 Å². The summed E-state index contributed by atoms with van der Waals surface area (Å²) in [7, 11) is -3.26. The first-order valence-electron chi connectivity index (χ1n) is 16.0. The van der Waals surface area contributed by atoms with Crippen LogP contribution in [0.1, 0.15) is 44.1 Å². The zero-order valence-corrected chi connectivity index (χ0v) is 28.1. The van der Waals surface area contributed by atoms with E-state index in [0.29, 0.717) is 40.1 Å². The van der Waals surface area contributed by atoms with E-state index in [1.54, 1.807) is 42.5 Å². The Morgan fingerprint density at radius 3 is 2.29 bits per heavy atom. The molecule has 2 fully saturated rings. The number of fused-ring (bicyclic) bond motifs is 1. The lowest BCUT2D eigenvalue weighted by Gasteiger charge is -2.35. The van der Waals surface area contributed by atoms with Crippen LogP contribution in [-0.4, -0.2) is 57.6 Å². The number of piperidine rings is 1. The predicted molar refractivity (Wildman–Crippen MR) is 182 cm³/mol. The number of amides is 1. The number of rotatable bonds is 10. The first-order valence-corrected chi connectivity index (χ1v) is 17.9. The molecule has 1 aliphatic heterocycles. The van der Waals surface area contributed by atoms with Crippen molar-refractivity contribution in [3.8, 4) is 22.6 Å². The summed E-state index contributed by atoms with van der Waals surface area (Å²) in [6.45, 7) is 0.267. The van der Waals surface area contributed by atoms with Gasteiger partial charge in [0.05, 0.1) is 18.1 Å². The predicted octanol–water partition coefficient (Wildman–Crippen LogP) is 6.88. The van der Waals surface area contributed by atoms with E-state index in [-0.39, 0.29) is 35.9 Å². The molecule has 0 radical (unpaired) electrons. The monoisotopic (exact) mass is 697 g/mol. The number of halogens is 3. The molecule has 2 aliphatic rings. The summed E-state index contributed by atoms with van der Waals surface area (Å²) >= 11 is 6.02. The van der Waals surface area contributed by atoms with Gasteiger partial charge in [-0.2, -0.15) is 13.5 Å². The quantitative estimate of drug-likeness (QED) is 0.187. The third-order valence-electron chi connectivity index (χ3n) is 9.17. The van der Waals surface area contributed by atoms with Crippen LogP contribution in [-0.2, 0) is 20.7 Å². The number of nitrogens with one attached hydrogen (secondary N) is 1. The highest BCUT2D eigenvalue weighted by molar-refractivity contribution is 7.89. The van der Waals surface area contributed by atoms with Crippen molar-refractivity contribution in [2.24, 2.45) is 5.73 Å². The van der Waals surface area contributed by atoms with Gasteiger partial charge in [0.25, 0.3) is 5.92 Å². The molecular weight excluding hydrogens is 660 g/mol. The second-order valence-electron chi connectivity index (χ2n) is 12.5. The summed E-state index contributed by atoms with van der Waals surface area (Å²) in [5.41, 5.74) is 6.62. The van der Waals surface area contributed by atoms with Crippen LogP contribution < -0.4 is 19.9 Å². The number of benzene rings is 4. The highest BCUT2D eigenvalue weighted by Gasteiger charge is 2.50. The van der Waals surface area contributed by atoms with Crippen molar-refractivity contribution >= 4 is 38.3 Å². The maximum absolute atomic E-state index is 16.6. The van der Waals surface area contributed by atoms with E-state index in [2.05, 4.69) is 4.72 Å². The zero-order valence-electron chi connectivity index (χ0n) is 26.5. The number of ether oxygens (including phenoxy) is 2. The number of carbonyl (C=O) groups excluding carboxylic acids is 1. The lowest BCUT2D eigenvalue weighted by atomic mass is 9.95. The van der Waals surface area contributed by atoms with Gasteiger partial charge in [0, 0.05) is 35.3 Å². The molecule has 254 valence electrons. The maximum atomic E-state index is 16.6. The third-order valence-corrected chi connectivity index (χ3v) is 10.8. The number of hydrogen-bond donors (Lipinski definition) is 2. The van der Waals surface area contributed by atoms with E-state index in [9.17, 15) is 13.2 Å². The Kier molecular flexibility index (Phi) is 9.94. The van der Waals surface area contributed by atoms with Gasteiger partial charge in [0.2, 0.25) is 15.9 Å². The minimum absolute atomic E-state index is 0.123. The molecule has 3 N–H and O–H groups in total. The van der Waals surface area contributed by atoms with Crippen LogP contribution in [0.3, 0.4) is 0 Å². The normalized spacial score (nSPS) is 17.1. The van der Waals surface area contributed by atoms with Crippen LogP contribution in [0.25, 0.3) is 21.9 Å². The molecule has 1 aliphatic carbocycles. The Balaban J connectivity index is 1.32. The van der Waals surface area contributed by atoms with Gasteiger partial charge in [-0.3, -0.25) is 4.79 Å². The Bertz CT molecular complexity index is 1890. The number of nitrogens with zero attached hydrogens (tertiary/aromatic N) is 1. The summed E-state index contributed by atoms with van der Waals surface area (Å²) in [5, 5.41) is 1.83. The van der Waals surface area contributed by atoms with E-state index < -0.39 is 33.5 Å². The number of sulfonamides is 1. The molecule has 0 bridgehead atoms. The van der Waals surface area contributed by atoms with E-state index in [1.165, 1.54) is 36.3 Å². The lowest BCUT2D eigenvalue weighted by molar-refractivity contribution is -0.145. The Morgan fingerprint density at radius 2 is 1.60 bits per heavy atom. The van der Waals surface area contributed by atoms with E-state index >= 15 is 8.78 Å². The Hall–Kier alpha value is -3.77. The average Bonchev–Trinajstić information content (AvgIpc) is 3.60. The van der Waals surface area contributed by atoms with Gasteiger partial charge in [-0.25, -0.2) is 8.42 Å². The van der Waals surface area contributed by atoms with Crippen molar-refractivity contribution in [3.05, 3.63) is 89.4 Å². The van der Waals surface area contributed by atoms with Crippen LogP contribution in [0.15, 0.2) is 83.8 Å². The topological polar surface area (TPSA) is 111 Å². The summed E-state index contributed by atoms with van der Waals surface area (Å²) in [6.07, 6.45) is 5.23. The average molecular weight is 698 g/mol. The van der Waals surface area contributed by atoms with Gasteiger partial charge < -0.3 is 20.1 Å². The molecule has 4 aromatic carbocycles. The second kappa shape index (κ2) is 14.0. The highest BCUT2D eigenvalue weighted by Crippen LogP contribution is 2.40. The van der Waals surface area contributed by atoms with E-state index in [0.717, 1.165) is 37.1 Å². The molecule has 0 spiro atoms. The van der Waals surface area contributed by atoms with E-state index in [1.807, 2.05) is 6.07 Å². The van der Waals surface area contributed by atoms with Crippen LogP contribution in [0.4, 0.5) is 8.78 Å². The molecule has 1 saturated carbocycles. The number of hydrogen-bond acceptors (Lipinski definition) is 6. The molecule has 4 aromatic rings. The SMILES string of the molecule is COc1cc(C(F)(F)[C@@H](NS(=O)(=O)c2ccc3cc(OC4CCCC4)ccc3c2)C(=O)N2CCC(N)CC2)ccc1-c1ccc(Cl)cc1. The standard InChI is InChI=1S/C36H38ClF2N3O5S/c1-46-33-22-26(10-15-32(33)23-6-11-27(37)12-7-23)36(38,39)34(35(43)42-18-16-28(40)17-19-42)41-48(44,45)31-14-9-24-20-30(13-8-25(24)21-31)47-29-4-2-3-5-29/h6-15,20-22,28-29,34,41H,2-5,16-19,40H2,1H3/t34-/m0/s1. The van der Waals surface area contributed by atoms with Gasteiger partial charge >= 0.3 is 0 Å². The van der Waals surface area contributed by atoms with Crippen molar-refractivity contribution in [1.82, 2.24) is 9.62 Å². The first kappa shape index (κ1) is 34.1. The van der Waals surface area contributed by atoms with Gasteiger partial charge in [-0.05, 0) is 97.3 Å². The molecule has 8 nitrogen and oxygen atoms in total. The van der Waals surface area contributed by atoms with Gasteiger partial charge in [0.1, 0.15) is 11.5 Å². The largest absolute Gasteiger partial charge is 0.496 e. The van der Waals surface area contributed by atoms with Gasteiger partial charge in [-0.15, -0.1) is 0 Å². The highest BCUT2D eigenvalue weighted by atomic mass is 35.5. The van der Waals surface area contributed by atoms with Crippen molar-refractivity contribution in [3.63, 3.8) is 0 Å². The molecule has 6 rings (SSSR count). The van der Waals surface area contributed by atoms with Gasteiger partial charge in [0.15, 0.2) is 6.04 Å². The van der Waals surface area contributed by atoms with Crippen molar-refractivity contribution in [2.45, 2.75) is 67.5 Å². The van der Waals surface area contributed by atoms with Crippen LogP contribution in [0, 0.1) is 0 Å². The molecule has 1 heterocycles. The molecule has 48 heavy (non-hydrogen) atoms. The fraction of sp³-hybridized carbons (Fsp3) is 0.361. The molecule has 12 heteroatoms. The van der Waals surface area contributed by atoms with Crippen molar-refractivity contribution in [1.29, 1.82) is 0 Å². The Labute approximate surface area is 284 Å². The molecule has 1 atom stereocenters. The molecule has 0 aromatic heterocycles. The van der Waals surface area contributed by atoms with Crippen molar-refractivity contribution in [2.75, 3.05) is 20.2 Å². The number of nitrogens with two attached hydrogens (primary N) is 1. The van der Waals surface area contributed by atoms with Crippen LogP contribution >= 0.6 is 11.6 Å². The summed E-state index contributed by atoms with van der Waals surface area (Å²) in [4.78, 5) is 14.8. The zero-order chi connectivity index (χ0) is 34.1. The fourth-order valence-electron chi connectivity index (χ4n) is 6.38.